The predicted molar refractivity (Wildman–Crippen MR) is 64.4 cm³/mol. The van der Waals surface area contributed by atoms with E-state index in [2.05, 4.69) is 6.07 Å². The summed E-state index contributed by atoms with van der Waals surface area (Å²) in [5, 5.41) is 17.8. The highest BCUT2D eigenvalue weighted by Gasteiger charge is 2.16. The van der Waals surface area contributed by atoms with Crippen LogP contribution in [0.1, 0.15) is 23.6 Å². The Balaban J connectivity index is 2.74. The van der Waals surface area contributed by atoms with Gasteiger partial charge in [0, 0.05) is 6.54 Å². The van der Waals surface area contributed by atoms with Crippen molar-refractivity contribution in [2.24, 2.45) is 0 Å². The van der Waals surface area contributed by atoms with Gasteiger partial charge in [-0.05, 0) is 19.5 Å². The summed E-state index contributed by atoms with van der Waals surface area (Å²) in [6.07, 6.45) is 0.0422. The lowest BCUT2D eigenvalue weighted by molar-refractivity contribution is -0.137. The molecule has 0 aromatic heterocycles. The van der Waals surface area contributed by atoms with Gasteiger partial charge in [0.05, 0.1) is 12.5 Å². The average Bonchev–Trinajstić information content (AvgIpc) is 2.30. The number of carboxylic acid groups (broad SMARTS) is 1. The van der Waals surface area contributed by atoms with E-state index in [1.165, 1.54) is 0 Å². The second-order valence-corrected chi connectivity index (χ2v) is 4.07. The minimum atomic E-state index is -0.850. The van der Waals surface area contributed by atoms with Gasteiger partial charge in [0.2, 0.25) is 0 Å². The fraction of sp³-hybridized carbons (Fsp3) is 0.385. The van der Waals surface area contributed by atoms with Crippen molar-refractivity contribution in [3.63, 3.8) is 0 Å². The van der Waals surface area contributed by atoms with E-state index in [4.69, 9.17) is 10.4 Å². The number of hydrogen-bond donors (Lipinski definition) is 1. The number of nitrogens with zero attached hydrogens (tertiary/aromatic N) is 2. The molecule has 1 aromatic rings. The third kappa shape index (κ3) is 3.89. The largest absolute Gasteiger partial charge is 0.481 e. The third-order valence-corrected chi connectivity index (χ3v) is 2.63. The first kappa shape index (κ1) is 13.2. The van der Waals surface area contributed by atoms with Crippen LogP contribution < -0.4 is 0 Å². The summed E-state index contributed by atoms with van der Waals surface area (Å²) >= 11 is 0. The zero-order valence-corrected chi connectivity index (χ0v) is 10.1. The molecule has 0 fully saturated rings. The number of aliphatic carboxylic acids is 1. The maximum Gasteiger partial charge on any atom is 0.304 e. The van der Waals surface area contributed by atoms with Gasteiger partial charge in [-0.25, -0.2) is 0 Å². The van der Waals surface area contributed by atoms with Crippen molar-refractivity contribution in [1.82, 2.24) is 4.90 Å². The maximum atomic E-state index is 10.5. The number of rotatable bonds is 5. The molecule has 0 aliphatic carbocycles. The van der Waals surface area contributed by atoms with E-state index in [-0.39, 0.29) is 6.42 Å². The van der Waals surface area contributed by atoms with Gasteiger partial charge in [0.15, 0.2) is 0 Å². The Morgan fingerprint density at radius 3 is 2.53 bits per heavy atom. The molecule has 0 heterocycles. The quantitative estimate of drug-likeness (QED) is 0.843. The first-order chi connectivity index (χ1) is 8.04. The number of carboxylic acids is 1. The van der Waals surface area contributed by atoms with Crippen LogP contribution in [0, 0.1) is 18.3 Å². The molecule has 0 saturated carbocycles. The summed E-state index contributed by atoms with van der Waals surface area (Å²) in [6.45, 7) is 2.35. The summed E-state index contributed by atoms with van der Waals surface area (Å²) in [5.41, 5.74) is 2.03. The molecule has 0 aliphatic rings. The molecule has 0 bridgehead atoms. The Bertz CT molecular complexity index is 420. The maximum absolute atomic E-state index is 10.5. The highest BCUT2D eigenvalue weighted by atomic mass is 16.4. The van der Waals surface area contributed by atoms with Crippen LogP contribution in [0.3, 0.4) is 0 Å². The smallest absolute Gasteiger partial charge is 0.304 e. The first-order valence-corrected chi connectivity index (χ1v) is 5.43. The van der Waals surface area contributed by atoms with E-state index >= 15 is 0 Å². The van der Waals surface area contributed by atoms with Gasteiger partial charge in [0.25, 0.3) is 0 Å². The third-order valence-electron chi connectivity index (χ3n) is 2.63. The van der Waals surface area contributed by atoms with Crippen LogP contribution in [0.15, 0.2) is 24.3 Å². The molecule has 0 radical (unpaired) electrons. The van der Waals surface area contributed by atoms with Gasteiger partial charge in [-0.2, -0.15) is 5.26 Å². The van der Waals surface area contributed by atoms with Crippen LogP contribution in [0.25, 0.3) is 0 Å². The van der Waals surface area contributed by atoms with Crippen molar-refractivity contribution >= 4 is 5.97 Å². The van der Waals surface area contributed by atoms with Gasteiger partial charge in [-0.3, -0.25) is 9.69 Å². The Labute approximate surface area is 101 Å². The SMILES string of the molecule is Cc1ccc(C(C#N)N(C)CCC(=O)O)cc1. The molecule has 4 heteroatoms. The van der Waals surface area contributed by atoms with Gasteiger partial charge >= 0.3 is 5.97 Å². The van der Waals surface area contributed by atoms with E-state index in [0.29, 0.717) is 6.54 Å². The molecule has 1 atom stereocenters. The Morgan fingerprint density at radius 1 is 1.47 bits per heavy atom. The number of hydrogen-bond acceptors (Lipinski definition) is 3. The number of nitriles is 1. The van der Waals surface area contributed by atoms with Crippen LogP contribution in [0.5, 0.6) is 0 Å². The van der Waals surface area contributed by atoms with Crippen LogP contribution in [0.2, 0.25) is 0 Å². The van der Waals surface area contributed by atoms with Gasteiger partial charge in [0.1, 0.15) is 6.04 Å². The molecule has 1 rings (SSSR count). The van der Waals surface area contributed by atoms with E-state index in [1.54, 1.807) is 11.9 Å². The molecule has 0 amide bonds. The minimum absolute atomic E-state index is 0.0422. The molecule has 0 spiro atoms. The zero-order chi connectivity index (χ0) is 12.8. The summed E-state index contributed by atoms with van der Waals surface area (Å²) < 4.78 is 0. The van der Waals surface area contributed by atoms with Gasteiger partial charge in [-0.15, -0.1) is 0 Å². The van der Waals surface area contributed by atoms with Crippen molar-refractivity contribution in [3.8, 4) is 6.07 Å². The molecule has 90 valence electrons. The summed E-state index contributed by atoms with van der Waals surface area (Å²) in [5.74, 6) is -0.850. The molecular formula is C13H16N2O2. The van der Waals surface area contributed by atoms with E-state index in [1.807, 2.05) is 31.2 Å². The minimum Gasteiger partial charge on any atom is -0.481 e. The number of aryl methyl sites for hydroxylation is 1. The molecule has 17 heavy (non-hydrogen) atoms. The van der Waals surface area contributed by atoms with Crippen molar-refractivity contribution in [1.29, 1.82) is 5.26 Å². The van der Waals surface area contributed by atoms with Crippen LogP contribution in [0.4, 0.5) is 0 Å². The topological polar surface area (TPSA) is 64.3 Å². The van der Waals surface area contributed by atoms with Crippen LogP contribution in [-0.4, -0.2) is 29.6 Å². The number of carbonyl (C=O) groups is 1. The van der Waals surface area contributed by atoms with Gasteiger partial charge < -0.3 is 5.11 Å². The average molecular weight is 232 g/mol. The molecule has 4 nitrogen and oxygen atoms in total. The molecule has 1 aromatic carbocycles. The van der Waals surface area contributed by atoms with Crippen LogP contribution >= 0.6 is 0 Å². The molecule has 0 aliphatic heterocycles. The standard InChI is InChI=1S/C13H16N2O2/c1-10-3-5-11(6-4-10)12(9-14)15(2)8-7-13(16)17/h3-6,12H,7-8H2,1-2H3,(H,16,17). The Morgan fingerprint density at radius 2 is 2.06 bits per heavy atom. The second kappa shape index (κ2) is 6.02. The molecule has 1 N–H and O–H groups in total. The summed E-state index contributed by atoms with van der Waals surface area (Å²) in [7, 11) is 1.76. The van der Waals surface area contributed by atoms with Crippen molar-refractivity contribution in [3.05, 3.63) is 35.4 Å². The monoisotopic (exact) mass is 232 g/mol. The molecular weight excluding hydrogens is 216 g/mol. The van der Waals surface area contributed by atoms with E-state index < -0.39 is 12.0 Å². The Hall–Kier alpha value is -1.86. The second-order valence-electron chi connectivity index (χ2n) is 4.07. The van der Waals surface area contributed by atoms with Crippen molar-refractivity contribution in [2.45, 2.75) is 19.4 Å². The molecule has 1 unspecified atom stereocenters. The lowest BCUT2D eigenvalue weighted by Gasteiger charge is -2.21. The van der Waals surface area contributed by atoms with Crippen molar-refractivity contribution in [2.75, 3.05) is 13.6 Å². The summed E-state index contributed by atoms with van der Waals surface area (Å²) in [4.78, 5) is 12.2. The first-order valence-electron chi connectivity index (χ1n) is 5.43. The summed E-state index contributed by atoms with van der Waals surface area (Å²) in [6, 6.07) is 9.51. The highest BCUT2D eigenvalue weighted by molar-refractivity contribution is 5.66. The lowest BCUT2D eigenvalue weighted by atomic mass is 10.1. The number of benzene rings is 1. The lowest BCUT2D eigenvalue weighted by Crippen LogP contribution is -2.26. The van der Waals surface area contributed by atoms with Crippen molar-refractivity contribution < 1.29 is 9.90 Å². The van der Waals surface area contributed by atoms with Gasteiger partial charge in [-0.1, -0.05) is 29.8 Å². The highest BCUT2D eigenvalue weighted by Crippen LogP contribution is 2.19. The Kier molecular flexibility index (Phi) is 4.68. The zero-order valence-electron chi connectivity index (χ0n) is 10.1. The van der Waals surface area contributed by atoms with E-state index in [9.17, 15) is 4.79 Å². The normalized spacial score (nSPS) is 12.1. The fourth-order valence-corrected chi connectivity index (χ4v) is 1.58. The predicted octanol–water partition coefficient (Wildman–Crippen LogP) is 1.97. The van der Waals surface area contributed by atoms with Crippen LogP contribution in [-0.2, 0) is 4.79 Å². The van der Waals surface area contributed by atoms with E-state index in [0.717, 1.165) is 11.1 Å². The molecule has 0 saturated heterocycles. The fourth-order valence-electron chi connectivity index (χ4n) is 1.58.